The monoisotopic (exact) mass is 620 g/mol. The first-order valence-corrected chi connectivity index (χ1v) is 16.9. The fraction of sp³-hybridized carbons (Fsp3) is 0.419. The van der Waals surface area contributed by atoms with Crippen LogP contribution >= 0.6 is 0 Å². The standard InChI is InChI=1S/C17H28N2O.2C7H8O3S/c18-16(11-14-7-3-1-4-8-14)17(20)13-19-12-15-9-5-2-6-10-15;2*1-6-2-4-7(5-3-6)11(8,9)10/h1,3-4,7-8,15-17,19-20H,2,5-6,9-13,18H2;2*2-5H,1H3,(H,8,9,10)/t16-,17+;;/m0../s1. The van der Waals surface area contributed by atoms with Crippen LogP contribution in [-0.2, 0) is 26.7 Å². The van der Waals surface area contributed by atoms with E-state index in [9.17, 15) is 21.9 Å². The van der Waals surface area contributed by atoms with Crippen LogP contribution < -0.4 is 11.1 Å². The molecule has 9 nitrogen and oxygen atoms in total. The van der Waals surface area contributed by atoms with Gasteiger partial charge in [-0.1, -0.05) is 85.0 Å². The zero-order valence-corrected chi connectivity index (χ0v) is 25.9. The van der Waals surface area contributed by atoms with Crippen LogP contribution in [0.4, 0.5) is 0 Å². The van der Waals surface area contributed by atoms with E-state index in [1.165, 1.54) is 61.9 Å². The molecule has 6 N–H and O–H groups in total. The van der Waals surface area contributed by atoms with Crippen LogP contribution in [0.25, 0.3) is 0 Å². The third-order valence-corrected chi connectivity index (χ3v) is 8.69. The Morgan fingerprint density at radius 3 is 1.64 bits per heavy atom. The van der Waals surface area contributed by atoms with Gasteiger partial charge in [0.2, 0.25) is 0 Å². The number of benzene rings is 3. The maximum atomic E-state index is 10.5. The van der Waals surface area contributed by atoms with E-state index in [2.05, 4.69) is 17.4 Å². The van der Waals surface area contributed by atoms with E-state index in [-0.39, 0.29) is 15.8 Å². The Morgan fingerprint density at radius 1 is 0.762 bits per heavy atom. The summed E-state index contributed by atoms with van der Waals surface area (Å²) in [5.74, 6) is 0.793. The van der Waals surface area contributed by atoms with Crippen LogP contribution in [-0.4, -0.2) is 56.3 Å². The van der Waals surface area contributed by atoms with E-state index in [4.69, 9.17) is 14.8 Å². The molecule has 3 aromatic rings. The predicted molar refractivity (Wildman–Crippen MR) is 166 cm³/mol. The van der Waals surface area contributed by atoms with Crippen molar-refractivity contribution < 1.29 is 31.0 Å². The van der Waals surface area contributed by atoms with Crippen molar-refractivity contribution in [3.05, 3.63) is 95.6 Å². The largest absolute Gasteiger partial charge is 0.390 e. The zero-order chi connectivity index (χ0) is 31.2. The Bertz CT molecular complexity index is 1320. The molecule has 1 fully saturated rings. The molecule has 1 aliphatic rings. The first-order valence-electron chi connectivity index (χ1n) is 14.0. The highest BCUT2D eigenvalue weighted by atomic mass is 32.2. The molecular formula is C31H44N2O7S2. The second-order valence-electron chi connectivity index (χ2n) is 10.7. The number of rotatable bonds is 9. The number of hydrogen-bond acceptors (Lipinski definition) is 7. The molecule has 232 valence electrons. The second kappa shape index (κ2) is 17.5. The molecule has 3 aromatic carbocycles. The Kier molecular flexibility index (Phi) is 14.8. The second-order valence-corrected chi connectivity index (χ2v) is 13.5. The molecule has 2 atom stereocenters. The van der Waals surface area contributed by atoms with Crippen molar-refractivity contribution in [2.45, 2.75) is 74.3 Å². The molecule has 4 rings (SSSR count). The van der Waals surface area contributed by atoms with Crippen molar-refractivity contribution in [3.63, 3.8) is 0 Å². The van der Waals surface area contributed by atoms with E-state index in [1.807, 2.05) is 32.0 Å². The quantitative estimate of drug-likeness (QED) is 0.215. The number of hydrogen-bond donors (Lipinski definition) is 5. The first-order chi connectivity index (χ1) is 19.8. The Morgan fingerprint density at radius 2 is 1.21 bits per heavy atom. The van der Waals surface area contributed by atoms with Crippen LogP contribution in [0.3, 0.4) is 0 Å². The summed E-state index contributed by atoms with van der Waals surface area (Å²) in [5.41, 5.74) is 9.18. The molecule has 1 saturated carbocycles. The number of aliphatic hydroxyl groups is 1. The number of aliphatic hydroxyl groups excluding tert-OH is 1. The van der Waals surface area contributed by atoms with Gasteiger partial charge in [-0.3, -0.25) is 9.11 Å². The van der Waals surface area contributed by atoms with Crippen molar-refractivity contribution in [2.75, 3.05) is 13.1 Å². The van der Waals surface area contributed by atoms with Crippen molar-refractivity contribution in [2.24, 2.45) is 11.7 Å². The maximum Gasteiger partial charge on any atom is 0.294 e. The highest BCUT2D eigenvalue weighted by Crippen LogP contribution is 2.22. The summed E-state index contributed by atoms with van der Waals surface area (Å²) in [4.78, 5) is -0.133. The van der Waals surface area contributed by atoms with Gasteiger partial charge in [0.25, 0.3) is 20.2 Å². The highest BCUT2D eigenvalue weighted by molar-refractivity contribution is 7.86. The summed E-state index contributed by atoms with van der Waals surface area (Å²) in [6.07, 6.45) is 7.04. The highest BCUT2D eigenvalue weighted by Gasteiger charge is 2.17. The smallest absolute Gasteiger partial charge is 0.294 e. The minimum Gasteiger partial charge on any atom is -0.390 e. The molecule has 0 unspecified atom stereocenters. The molecule has 0 amide bonds. The van der Waals surface area contributed by atoms with E-state index in [0.717, 1.165) is 30.0 Å². The van der Waals surface area contributed by atoms with Crippen molar-refractivity contribution in [3.8, 4) is 0 Å². The molecule has 0 radical (unpaired) electrons. The van der Waals surface area contributed by atoms with Gasteiger partial charge in [0.1, 0.15) is 0 Å². The van der Waals surface area contributed by atoms with Gasteiger partial charge >= 0.3 is 0 Å². The van der Waals surface area contributed by atoms with Gasteiger partial charge in [0.05, 0.1) is 15.9 Å². The van der Waals surface area contributed by atoms with Crippen LogP contribution in [0.5, 0.6) is 0 Å². The molecule has 42 heavy (non-hydrogen) atoms. The third-order valence-electron chi connectivity index (χ3n) is 6.96. The fourth-order valence-corrected chi connectivity index (χ4v) is 5.38. The van der Waals surface area contributed by atoms with Crippen LogP contribution in [0.15, 0.2) is 88.7 Å². The van der Waals surface area contributed by atoms with Gasteiger partial charge in [0.15, 0.2) is 0 Å². The average molecular weight is 621 g/mol. The van der Waals surface area contributed by atoms with Gasteiger partial charge < -0.3 is 16.2 Å². The molecular weight excluding hydrogens is 576 g/mol. The first kappa shape index (κ1) is 35.6. The van der Waals surface area contributed by atoms with Gasteiger partial charge in [-0.05, 0) is 75.4 Å². The van der Waals surface area contributed by atoms with E-state index >= 15 is 0 Å². The van der Waals surface area contributed by atoms with Crippen LogP contribution in [0, 0.1) is 19.8 Å². The number of nitrogens with one attached hydrogen (secondary N) is 1. The summed E-state index contributed by atoms with van der Waals surface area (Å²) >= 11 is 0. The lowest BCUT2D eigenvalue weighted by Crippen LogP contribution is -2.44. The molecule has 0 aromatic heterocycles. The fourth-order valence-electron chi connectivity index (χ4n) is 4.42. The summed E-state index contributed by atoms with van der Waals surface area (Å²) < 4.78 is 59.1. The minimum absolute atomic E-state index is 0.0666. The van der Waals surface area contributed by atoms with Crippen molar-refractivity contribution in [1.82, 2.24) is 5.32 Å². The summed E-state index contributed by atoms with van der Waals surface area (Å²) in [7, 11) is -8.04. The molecule has 0 heterocycles. The maximum absolute atomic E-state index is 10.5. The SMILES string of the molecule is Cc1ccc(S(=O)(=O)O)cc1.Cc1ccc(S(=O)(=O)O)cc1.N[C@@H](Cc1ccccc1)[C@H](O)CNCC1CCCCC1. The topological polar surface area (TPSA) is 167 Å². The minimum atomic E-state index is -4.02. The number of aryl methyl sites for hydroxylation is 2. The van der Waals surface area contributed by atoms with E-state index in [1.54, 1.807) is 24.3 Å². The third kappa shape index (κ3) is 14.0. The molecule has 0 spiro atoms. The summed E-state index contributed by atoms with van der Waals surface area (Å²) in [6, 6.07) is 21.9. The predicted octanol–water partition coefficient (Wildman–Crippen LogP) is 4.57. The molecule has 0 bridgehead atoms. The molecule has 11 heteroatoms. The Balaban J connectivity index is 0.000000239. The van der Waals surface area contributed by atoms with E-state index in [0.29, 0.717) is 6.54 Å². The Hall–Kier alpha value is -2.64. The molecule has 0 saturated heterocycles. The normalized spacial score (nSPS) is 15.4. The zero-order valence-electron chi connectivity index (χ0n) is 24.3. The van der Waals surface area contributed by atoms with Crippen LogP contribution in [0.2, 0.25) is 0 Å². The number of nitrogens with two attached hydrogens (primary N) is 1. The van der Waals surface area contributed by atoms with Crippen molar-refractivity contribution in [1.29, 1.82) is 0 Å². The molecule has 1 aliphatic carbocycles. The lowest BCUT2D eigenvalue weighted by atomic mass is 9.89. The summed E-state index contributed by atoms with van der Waals surface area (Å²) in [6.45, 7) is 5.31. The van der Waals surface area contributed by atoms with Crippen molar-refractivity contribution >= 4 is 20.2 Å². The lowest BCUT2D eigenvalue weighted by molar-refractivity contribution is 0.139. The van der Waals surface area contributed by atoms with Gasteiger partial charge in [-0.25, -0.2) is 0 Å². The van der Waals surface area contributed by atoms with E-state index < -0.39 is 26.3 Å². The molecule has 0 aliphatic heterocycles. The lowest BCUT2D eigenvalue weighted by Gasteiger charge is -2.24. The van der Waals surface area contributed by atoms with Gasteiger partial charge in [0, 0.05) is 12.6 Å². The Labute approximate surface area is 250 Å². The van der Waals surface area contributed by atoms with Gasteiger partial charge in [-0.2, -0.15) is 16.8 Å². The average Bonchev–Trinajstić information content (AvgIpc) is 2.94. The van der Waals surface area contributed by atoms with Crippen LogP contribution in [0.1, 0.15) is 48.8 Å². The van der Waals surface area contributed by atoms with Gasteiger partial charge in [-0.15, -0.1) is 0 Å². The summed E-state index contributed by atoms with van der Waals surface area (Å²) in [5, 5.41) is 13.5.